The van der Waals surface area contributed by atoms with E-state index in [1.165, 1.54) is 51.4 Å². The van der Waals surface area contributed by atoms with Crippen molar-refractivity contribution in [3.05, 3.63) is 12.2 Å². The summed E-state index contributed by atoms with van der Waals surface area (Å²) in [5.41, 5.74) is 0. The van der Waals surface area contributed by atoms with Crippen LogP contribution in [0.1, 0.15) is 285 Å². The SMILES string of the molecule is CCCCCCC=CCCCCCCCCCC(=O)O[C@H]1[C@H](OC[C@H]2O[C@H](OP(=O)(O)O)[C@H](NC(=O)CC(=O)CCCCCCCCCCC)[C@@H](OCCCCCCCCCC)[C@@H]2O)O[C@H](CO)[C@@H](OP(=O)(O)O)[C@@H]1OCC[C@@H](CCCCCCC)OC. The van der Waals surface area contributed by atoms with Gasteiger partial charge < -0.3 is 68.3 Å². The second-order valence-electron chi connectivity index (χ2n) is 24.4. The van der Waals surface area contributed by atoms with Gasteiger partial charge in [-0.1, -0.05) is 220 Å². The second kappa shape index (κ2) is 51.6. The van der Waals surface area contributed by atoms with Gasteiger partial charge in [-0.15, -0.1) is 0 Å². The molecule has 0 aromatic carbocycles. The molecule has 21 nitrogen and oxygen atoms in total. The summed E-state index contributed by atoms with van der Waals surface area (Å²) in [5, 5.41) is 25.5. The number of hydrogen-bond donors (Lipinski definition) is 7. The Bertz CT molecular complexity index is 1870. The summed E-state index contributed by atoms with van der Waals surface area (Å²) in [6.45, 7) is 7.09. The Morgan fingerprint density at radius 3 is 1.50 bits per heavy atom. The zero-order chi connectivity index (χ0) is 64.7. The molecular weight excluding hydrogens is 1180 g/mol. The molecule has 1 amide bonds. The fourth-order valence-corrected chi connectivity index (χ4v) is 12.4. The molecule has 518 valence electrons. The summed E-state index contributed by atoms with van der Waals surface area (Å²) in [5.74, 6) is -1.84. The Morgan fingerprint density at radius 2 is 0.977 bits per heavy atom. The average molecular weight is 1300 g/mol. The standard InChI is InChI=1S/C65H123NO20P2/c1-6-10-14-18-21-24-25-26-27-28-29-31-33-37-41-45-57(70)84-63-62(80-48-46-53(78-5)44-40-35-17-13-9-4)60(85-87(72,73)74)54(50-67)82-65(63)81-51-55-59(71)61(79-47-42-38-34-23-20-16-12-8-3)58(64(83-55)86-88(75,76)77)66-56(69)49-52(68)43-39-36-32-30-22-19-15-11-7-2/h24-25,53-55,58-65,67,71H,6-23,26-51H2,1-5H3,(H,66,69)(H2,72,73,74)(H2,75,76,77)/t53-,54-,55-,58-,59-,60-,61-,62+,63-,64-,65-/m1/s1. The van der Waals surface area contributed by atoms with Crippen LogP contribution in [0.2, 0.25) is 0 Å². The van der Waals surface area contributed by atoms with Gasteiger partial charge in [-0.2, -0.15) is 0 Å². The van der Waals surface area contributed by atoms with Gasteiger partial charge >= 0.3 is 21.6 Å². The number of nitrogens with one attached hydrogen (secondary N) is 1. The molecule has 0 aromatic heterocycles. The number of aliphatic hydroxyl groups excluding tert-OH is 2. The number of ketones is 1. The Morgan fingerprint density at radius 1 is 0.511 bits per heavy atom. The summed E-state index contributed by atoms with van der Waals surface area (Å²) in [6, 6.07) is -1.55. The van der Waals surface area contributed by atoms with Crippen LogP contribution in [0.15, 0.2) is 12.2 Å². The lowest BCUT2D eigenvalue weighted by atomic mass is 9.96. The van der Waals surface area contributed by atoms with E-state index in [1.54, 1.807) is 7.11 Å². The summed E-state index contributed by atoms with van der Waals surface area (Å²) < 4.78 is 78.7. The molecule has 0 radical (unpaired) electrons. The Kier molecular flexibility index (Phi) is 48.3. The van der Waals surface area contributed by atoms with Crippen LogP contribution in [-0.4, -0.2) is 148 Å². The number of carbonyl (C=O) groups excluding carboxylic acids is 3. The number of phosphoric acid groups is 2. The maximum Gasteiger partial charge on any atom is 0.472 e. The number of aliphatic hydroxyl groups is 2. The zero-order valence-electron chi connectivity index (χ0n) is 54.9. The van der Waals surface area contributed by atoms with Gasteiger partial charge in [0.15, 0.2) is 18.7 Å². The Balaban J connectivity index is 2.42. The molecule has 11 atom stereocenters. The number of methoxy groups -OCH3 is 1. The summed E-state index contributed by atoms with van der Waals surface area (Å²) in [4.78, 5) is 81.5. The molecule has 2 aliphatic rings. The number of unbranched alkanes of at least 4 members (excludes halogenated alkanes) is 30. The molecule has 0 unspecified atom stereocenters. The van der Waals surface area contributed by atoms with Crippen molar-refractivity contribution in [1.29, 1.82) is 0 Å². The first-order chi connectivity index (χ1) is 42.4. The van der Waals surface area contributed by atoms with Crippen molar-refractivity contribution < 1.29 is 95.5 Å². The molecule has 0 spiro atoms. The number of rotatable bonds is 58. The minimum absolute atomic E-state index is 0.0438. The number of phosphoric ester groups is 2. The van der Waals surface area contributed by atoms with Crippen LogP contribution >= 0.6 is 15.6 Å². The highest BCUT2D eigenvalue weighted by Gasteiger charge is 2.54. The van der Waals surface area contributed by atoms with E-state index in [-0.39, 0.29) is 37.9 Å². The largest absolute Gasteiger partial charge is 0.472 e. The monoisotopic (exact) mass is 1300 g/mol. The van der Waals surface area contributed by atoms with Crippen molar-refractivity contribution in [3.8, 4) is 0 Å². The number of carbonyl (C=O) groups is 3. The first-order valence-corrected chi connectivity index (χ1v) is 37.6. The maximum atomic E-state index is 13.9. The number of Topliss-reactive ketones (excluding diaryl/α,β-unsaturated/α-hetero) is 1. The van der Waals surface area contributed by atoms with Crippen LogP contribution in [0, 0.1) is 0 Å². The van der Waals surface area contributed by atoms with E-state index >= 15 is 0 Å². The summed E-state index contributed by atoms with van der Waals surface area (Å²) in [7, 11) is -9.17. The fourth-order valence-electron chi connectivity index (χ4n) is 11.4. The number of ether oxygens (including phenoxy) is 7. The van der Waals surface area contributed by atoms with E-state index in [1.807, 2.05) is 0 Å². The van der Waals surface area contributed by atoms with Gasteiger partial charge in [0.25, 0.3) is 0 Å². The highest BCUT2D eigenvalue weighted by molar-refractivity contribution is 7.46. The lowest BCUT2D eigenvalue weighted by molar-refractivity contribution is -0.323. The minimum atomic E-state index is -5.41. The van der Waals surface area contributed by atoms with Gasteiger partial charge in [0.05, 0.1) is 25.7 Å². The van der Waals surface area contributed by atoms with Crippen molar-refractivity contribution in [1.82, 2.24) is 5.32 Å². The van der Waals surface area contributed by atoms with Crippen LogP contribution in [0.3, 0.4) is 0 Å². The molecule has 2 rings (SSSR count). The molecule has 88 heavy (non-hydrogen) atoms. The molecule has 0 bridgehead atoms. The van der Waals surface area contributed by atoms with Gasteiger partial charge in [0, 0.05) is 33.2 Å². The van der Waals surface area contributed by atoms with Gasteiger partial charge in [0.1, 0.15) is 48.4 Å². The van der Waals surface area contributed by atoms with E-state index in [2.05, 4.69) is 45.2 Å². The van der Waals surface area contributed by atoms with E-state index in [9.17, 15) is 53.3 Å². The number of amides is 1. The number of esters is 1. The summed E-state index contributed by atoms with van der Waals surface area (Å²) >= 11 is 0. The van der Waals surface area contributed by atoms with E-state index in [0.29, 0.717) is 32.1 Å². The normalized spacial score (nSPS) is 23.0. The second-order valence-corrected chi connectivity index (χ2v) is 26.8. The van der Waals surface area contributed by atoms with Crippen molar-refractivity contribution in [2.45, 2.75) is 352 Å². The molecule has 2 aliphatic heterocycles. The zero-order valence-corrected chi connectivity index (χ0v) is 56.7. The molecule has 0 aliphatic carbocycles. The van der Waals surface area contributed by atoms with Crippen molar-refractivity contribution in [2.24, 2.45) is 0 Å². The first-order valence-electron chi connectivity index (χ1n) is 34.5. The highest BCUT2D eigenvalue weighted by Crippen LogP contribution is 2.44. The van der Waals surface area contributed by atoms with Gasteiger partial charge in [-0.25, -0.2) is 9.13 Å². The molecule has 0 saturated carbocycles. The van der Waals surface area contributed by atoms with Crippen molar-refractivity contribution >= 4 is 33.3 Å². The first kappa shape index (κ1) is 82.3. The van der Waals surface area contributed by atoms with Crippen LogP contribution in [0.5, 0.6) is 0 Å². The molecule has 2 fully saturated rings. The highest BCUT2D eigenvalue weighted by atomic mass is 31.2. The lowest BCUT2D eigenvalue weighted by Crippen LogP contribution is -2.66. The molecule has 23 heteroatoms. The molecule has 2 saturated heterocycles. The predicted molar refractivity (Wildman–Crippen MR) is 340 cm³/mol. The van der Waals surface area contributed by atoms with Crippen LogP contribution in [0.25, 0.3) is 0 Å². The third-order valence-corrected chi connectivity index (χ3v) is 17.5. The lowest BCUT2D eigenvalue weighted by Gasteiger charge is -2.46. The fraction of sp³-hybridized carbons (Fsp3) is 0.923. The van der Waals surface area contributed by atoms with Crippen LogP contribution < -0.4 is 5.32 Å². The quantitative estimate of drug-likeness (QED) is 0.00978. The smallest absolute Gasteiger partial charge is 0.454 e. The molecule has 2 heterocycles. The third-order valence-electron chi connectivity index (χ3n) is 16.5. The minimum Gasteiger partial charge on any atom is -0.454 e. The van der Waals surface area contributed by atoms with Gasteiger partial charge in [-0.05, 0) is 57.8 Å². The van der Waals surface area contributed by atoms with Gasteiger partial charge in [-0.3, -0.25) is 23.4 Å². The topological polar surface area (TPSA) is 302 Å². The van der Waals surface area contributed by atoms with Crippen LogP contribution in [0.4, 0.5) is 0 Å². The molecule has 7 N–H and O–H groups in total. The predicted octanol–water partition coefficient (Wildman–Crippen LogP) is 13.4. The van der Waals surface area contributed by atoms with E-state index in [4.69, 9.17) is 42.2 Å². The van der Waals surface area contributed by atoms with Crippen molar-refractivity contribution in [3.63, 3.8) is 0 Å². The van der Waals surface area contributed by atoms with E-state index < -0.39 is 109 Å². The van der Waals surface area contributed by atoms with E-state index in [0.717, 1.165) is 154 Å². The maximum absolute atomic E-state index is 13.9. The van der Waals surface area contributed by atoms with Crippen LogP contribution in [-0.2, 0) is 65.7 Å². The molecular formula is C65H123NO20P2. The Labute approximate surface area is 529 Å². The summed E-state index contributed by atoms with van der Waals surface area (Å²) in [6.07, 6.45) is 26.0. The molecule has 0 aromatic rings. The van der Waals surface area contributed by atoms with Gasteiger partial charge in [0.2, 0.25) is 5.91 Å². The third kappa shape index (κ3) is 39.7. The average Bonchev–Trinajstić information content (AvgIpc) is 3.35. The Hall–Kier alpha value is -1.75. The number of hydrogen-bond acceptors (Lipinski definition) is 16. The number of allylic oxidation sites excluding steroid dienone is 2. The van der Waals surface area contributed by atoms with Crippen molar-refractivity contribution in [2.75, 3.05) is 33.5 Å².